The van der Waals surface area contributed by atoms with Gasteiger partial charge in [-0.2, -0.15) is 0 Å². The molecule has 0 saturated heterocycles. The summed E-state index contributed by atoms with van der Waals surface area (Å²) >= 11 is 1.99. The molecule has 0 radical (unpaired) electrons. The molecule has 2 aliphatic heterocycles. The number of fused-ring (bicyclic) bond motifs is 7. The molecule has 6 aromatic carbocycles. The van der Waals surface area contributed by atoms with Gasteiger partial charge in [-0.3, -0.25) is 0 Å². The van der Waals surface area contributed by atoms with E-state index in [1.807, 2.05) is 11.3 Å². The van der Waals surface area contributed by atoms with Crippen molar-refractivity contribution in [1.82, 2.24) is 0 Å². The fourth-order valence-corrected chi connectivity index (χ4v) is 11.3. The van der Waals surface area contributed by atoms with Gasteiger partial charge in [0.25, 0.3) is 6.71 Å². The van der Waals surface area contributed by atoms with Crippen molar-refractivity contribution in [3.8, 4) is 0 Å². The Balaban J connectivity index is 1.34. The van der Waals surface area contributed by atoms with Gasteiger partial charge in [-0.1, -0.05) is 125 Å². The first-order valence-corrected chi connectivity index (χ1v) is 20.4. The van der Waals surface area contributed by atoms with Crippen LogP contribution in [0, 0.1) is 6.92 Å². The van der Waals surface area contributed by atoms with E-state index in [0.29, 0.717) is 0 Å². The Kier molecular flexibility index (Phi) is 7.27. The average molecular weight is 719 g/mol. The number of thiophene rings is 1. The lowest BCUT2D eigenvalue weighted by molar-refractivity contribution is 0.332. The van der Waals surface area contributed by atoms with Crippen molar-refractivity contribution in [2.45, 2.75) is 77.6 Å². The molecule has 0 fully saturated rings. The van der Waals surface area contributed by atoms with Gasteiger partial charge in [-0.05, 0) is 119 Å². The highest BCUT2D eigenvalue weighted by Gasteiger charge is 2.48. The first-order valence-electron chi connectivity index (χ1n) is 19.6. The quantitative estimate of drug-likeness (QED) is 0.167. The summed E-state index contributed by atoms with van der Waals surface area (Å²) in [5, 5.41) is 1.34. The largest absolute Gasteiger partial charge is 0.310 e. The van der Waals surface area contributed by atoms with Crippen LogP contribution in [-0.2, 0) is 16.2 Å². The molecule has 10 rings (SSSR count). The van der Waals surface area contributed by atoms with E-state index in [2.05, 4.69) is 192 Å². The number of hydrogen-bond donors (Lipinski definition) is 0. The molecule has 3 heterocycles. The molecule has 0 spiro atoms. The van der Waals surface area contributed by atoms with E-state index < -0.39 is 0 Å². The van der Waals surface area contributed by atoms with Crippen molar-refractivity contribution in [3.05, 3.63) is 161 Å². The van der Waals surface area contributed by atoms with Gasteiger partial charge in [0.15, 0.2) is 0 Å². The zero-order valence-electron chi connectivity index (χ0n) is 32.5. The molecule has 1 aromatic heterocycles. The van der Waals surface area contributed by atoms with Gasteiger partial charge in [-0.25, -0.2) is 0 Å². The van der Waals surface area contributed by atoms with Gasteiger partial charge in [0.05, 0.1) is 5.69 Å². The molecule has 0 N–H and O–H groups in total. The van der Waals surface area contributed by atoms with Gasteiger partial charge in [0.2, 0.25) is 0 Å². The second-order valence-corrected chi connectivity index (χ2v) is 18.8. The minimum absolute atomic E-state index is 0.0922. The first kappa shape index (κ1) is 33.5. The summed E-state index contributed by atoms with van der Waals surface area (Å²) in [4.78, 5) is 5.12. The summed E-state index contributed by atoms with van der Waals surface area (Å²) in [6.07, 6.45) is 2.39. The molecule has 0 bridgehead atoms. The van der Waals surface area contributed by atoms with Crippen molar-refractivity contribution >= 4 is 78.0 Å². The van der Waals surface area contributed by atoms with E-state index >= 15 is 0 Å². The van der Waals surface area contributed by atoms with Gasteiger partial charge in [0.1, 0.15) is 0 Å². The van der Waals surface area contributed by atoms with E-state index in [0.717, 1.165) is 11.4 Å². The summed E-state index contributed by atoms with van der Waals surface area (Å²) < 4.78 is 2.79. The molecule has 0 atom stereocenters. The SMILES string of the molecule is Cc1ccc2sc3c(c2c1)N(c1ccc2c(c1)C(C)(C)CCC2(C)C)c1cc(N(c2ccccc2)c2ccccc2)cc2c1B3c1ccccc1C2(C)C. The van der Waals surface area contributed by atoms with E-state index in [4.69, 9.17) is 0 Å². The standard InChI is InChI=1S/C50H47BN2S/c1-32-22-25-44-37(28-32)46-47(54-44)51-42-21-15-14-20-39(42)50(6,7)41-30-36(52(33-16-10-8-11-17-33)34-18-12-9-13-19-34)31-43(45(41)51)53(46)35-23-24-38-40(29-35)49(4,5)27-26-48(38,2)3/h8-25,28-31H,26-27H2,1-7H3. The van der Waals surface area contributed by atoms with Crippen molar-refractivity contribution in [3.63, 3.8) is 0 Å². The maximum absolute atomic E-state index is 2.67. The van der Waals surface area contributed by atoms with Crippen LogP contribution in [0.1, 0.15) is 82.2 Å². The van der Waals surface area contributed by atoms with Gasteiger partial charge >= 0.3 is 0 Å². The van der Waals surface area contributed by atoms with E-state index in [1.165, 1.54) is 89.2 Å². The lowest BCUT2D eigenvalue weighted by atomic mass is 9.32. The van der Waals surface area contributed by atoms with Crippen LogP contribution in [0.4, 0.5) is 34.1 Å². The summed E-state index contributed by atoms with van der Waals surface area (Å²) in [6.45, 7) is 17.0. The molecular weight excluding hydrogens is 671 g/mol. The van der Waals surface area contributed by atoms with Crippen LogP contribution in [0.25, 0.3) is 10.1 Å². The highest BCUT2D eigenvalue weighted by Crippen LogP contribution is 2.52. The molecular formula is C50H47BN2S. The number of anilines is 6. The number of rotatable bonds is 4. The lowest BCUT2D eigenvalue weighted by Crippen LogP contribution is -2.63. The van der Waals surface area contributed by atoms with Gasteiger partial charge in [-0.15, -0.1) is 11.3 Å². The van der Waals surface area contributed by atoms with Crippen LogP contribution in [0.15, 0.2) is 133 Å². The number of benzene rings is 6. The molecule has 0 unspecified atom stereocenters. The van der Waals surface area contributed by atoms with Crippen molar-refractivity contribution in [1.29, 1.82) is 0 Å². The second-order valence-electron chi connectivity index (χ2n) is 17.7. The van der Waals surface area contributed by atoms with Gasteiger partial charge < -0.3 is 9.80 Å². The lowest BCUT2D eigenvalue weighted by Gasteiger charge is -2.46. The number of nitrogens with zero attached hydrogens (tertiary/aromatic N) is 2. The van der Waals surface area contributed by atoms with Crippen LogP contribution in [0.5, 0.6) is 0 Å². The minimum atomic E-state index is -0.218. The average Bonchev–Trinajstić information content (AvgIpc) is 3.54. The molecule has 4 heteroatoms. The van der Waals surface area contributed by atoms with E-state index in [-0.39, 0.29) is 23.0 Å². The molecule has 2 nitrogen and oxygen atoms in total. The summed E-state index contributed by atoms with van der Waals surface area (Å²) in [6, 6.07) is 50.6. The third-order valence-corrected chi connectivity index (χ3v) is 14.2. The molecule has 54 heavy (non-hydrogen) atoms. The molecule has 0 saturated carbocycles. The molecule has 7 aromatic rings. The van der Waals surface area contributed by atoms with Crippen LogP contribution in [0.2, 0.25) is 0 Å². The third-order valence-electron chi connectivity index (χ3n) is 13.0. The smallest absolute Gasteiger partial charge is 0.260 e. The Morgan fingerprint density at radius 3 is 1.94 bits per heavy atom. The van der Waals surface area contributed by atoms with Crippen LogP contribution in [0.3, 0.4) is 0 Å². The molecule has 0 amide bonds. The zero-order chi connectivity index (χ0) is 37.1. The highest BCUT2D eigenvalue weighted by atomic mass is 32.1. The highest BCUT2D eigenvalue weighted by molar-refractivity contribution is 7.33. The van der Waals surface area contributed by atoms with Crippen LogP contribution in [-0.4, -0.2) is 6.71 Å². The molecule has 266 valence electrons. The Labute approximate surface area is 325 Å². The van der Waals surface area contributed by atoms with E-state index in [1.54, 1.807) is 0 Å². The monoisotopic (exact) mass is 718 g/mol. The number of para-hydroxylation sites is 2. The second kappa shape index (κ2) is 11.7. The Morgan fingerprint density at radius 2 is 1.24 bits per heavy atom. The van der Waals surface area contributed by atoms with Crippen molar-refractivity contribution < 1.29 is 0 Å². The third kappa shape index (κ3) is 4.85. The van der Waals surface area contributed by atoms with Crippen LogP contribution < -0.4 is 25.5 Å². The normalized spacial score (nSPS) is 17.0. The summed E-state index contributed by atoms with van der Waals surface area (Å²) in [5.74, 6) is 0. The molecule has 1 aliphatic carbocycles. The number of hydrogen-bond acceptors (Lipinski definition) is 3. The predicted molar refractivity (Wildman–Crippen MR) is 234 cm³/mol. The zero-order valence-corrected chi connectivity index (χ0v) is 33.3. The Bertz CT molecular complexity index is 2580. The maximum Gasteiger partial charge on any atom is 0.260 e. The molecule has 3 aliphatic rings. The number of aryl methyl sites for hydroxylation is 1. The predicted octanol–water partition coefficient (Wildman–Crippen LogP) is 12.0. The fourth-order valence-electron chi connectivity index (χ4n) is 10.00. The Morgan fingerprint density at radius 1 is 0.593 bits per heavy atom. The first-order chi connectivity index (χ1) is 25.9. The Hall–Kier alpha value is -5.06. The van der Waals surface area contributed by atoms with Gasteiger partial charge in [0, 0.05) is 48.7 Å². The van der Waals surface area contributed by atoms with E-state index in [9.17, 15) is 0 Å². The maximum atomic E-state index is 2.67. The summed E-state index contributed by atoms with van der Waals surface area (Å²) in [7, 11) is 0. The topological polar surface area (TPSA) is 6.48 Å². The minimum Gasteiger partial charge on any atom is -0.310 e. The fraction of sp³-hybridized carbons (Fsp3) is 0.240. The van der Waals surface area contributed by atoms with Crippen molar-refractivity contribution in [2.24, 2.45) is 0 Å². The van der Waals surface area contributed by atoms with Crippen LogP contribution >= 0.6 is 11.3 Å². The summed E-state index contributed by atoms with van der Waals surface area (Å²) in [5.41, 5.74) is 17.3. The van der Waals surface area contributed by atoms with Crippen molar-refractivity contribution in [2.75, 3.05) is 9.80 Å².